The number of aryl methyl sites for hydroxylation is 1. The molecule has 2 aromatic rings. The SMILES string of the molecule is Cc1coc(SCc2cccc(CN)c2)n1. The van der Waals surface area contributed by atoms with Gasteiger partial charge in [0.2, 0.25) is 0 Å². The zero-order valence-corrected chi connectivity index (χ0v) is 9.96. The van der Waals surface area contributed by atoms with Gasteiger partial charge in [0.05, 0.1) is 5.69 Å². The molecule has 0 atom stereocenters. The van der Waals surface area contributed by atoms with Crippen molar-refractivity contribution in [2.45, 2.75) is 24.4 Å². The maximum atomic E-state index is 5.59. The Morgan fingerprint density at radius 1 is 1.38 bits per heavy atom. The van der Waals surface area contributed by atoms with E-state index >= 15 is 0 Å². The van der Waals surface area contributed by atoms with Crippen LogP contribution in [0.15, 0.2) is 40.2 Å². The van der Waals surface area contributed by atoms with Crippen LogP contribution in [0.25, 0.3) is 0 Å². The Balaban J connectivity index is 1.99. The minimum atomic E-state index is 0.580. The first-order chi connectivity index (χ1) is 7.78. The third-order valence-corrected chi connectivity index (χ3v) is 3.10. The van der Waals surface area contributed by atoms with Crippen molar-refractivity contribution in [3.05, 3.63) is 47.3 Å². The second-order valence-corrected chi connectivity index (χ2v) is 4.49. The van der Waals surface area contributed by atoms with Crippen molar-refractivity contribution in [1.29, 1.82) is 0 Å². The monoisotopic (exact) mass is 234 g/mol. The summed E-state index contributed by atoms with van der Waals surface area (Å²) in [6, 6.07) is 8.26. The number of nitrogens with zero attached hydrogens (tertiary/aromatic N) is 1. The third-order valence-electron chi connectivity index (χ3n) is 2.19. The molecule has 0 unspecified atom stereocenters. The van der Waals surface area contributed by atoms with Crippen molar-refractivity contribution >= 4 is 11.8 Å². The van der Waals surface area contributed by atoms with Crippen molar-refractivity contribution in [1.82, 2.24) is 4.98 Å². The van der Waals surface area contributed by atoms with Crippen molar-refractivity contribution < 1.29 is 4.42 Å². The molecule has 84 valence electrons. The first-order valence-corrected chi connectivity index (χ1v) is 6.09. The summed E-state index contributed by atoms with van der Waals surface area (Å²) in [5, 5.41) is 0.718. The van der Waals surface area contributed by atoms with Crippen molar-refractivity contribution in [3.8, 4) is 0 Å². The highest BCUT2D eigenvalue weighted by atomic mass is 32.2. The van der Waals surface area contributed by atoms with Gasteiger partial charge in [-0.15, -0.1) is 0 Å². The van der Waals surface area contributed by atoms with Crippen LogP contribution in [0.5, 0.6) is 0 Å². The molecule has 0 radical (unpaired) electrons. The minimum Gasteiger partial charge on any atom is -0.440 e. The molecule has 2 N–H and O–H groups in total. The molecule has 1 heterocycles. The van der Waals surface area contributed by atoms with Gasteiger partial charge in [-0.25, -0.2) is 4.98 Å². The summed E-state index contributed by atoms with van der Waals surface area (Å²) in [4.78, 5) is 4.24. The summed E-state index contributed by atoms with van der Waals surface area (Å²) >= 11 is 1.59. The Kier molecular flexibility index (Phi) is 3.64. The average Bonchev–Trinajstić information content (AvgIpc) is 2.73. The molecule has 0 spiro atoms. The van der Waals surface area contributed by atoms with Gasteiger partial charge in [-0.3, -0.25) is 0 Å². The van der Waals surface area contributed by atoms with Crippen LogP contribution in [0.4, 0.5) is 0 Å². The van der Waals surface area contributed by atoms with E-state index in [1.807, 2.05) is 19.1 Å². The van der Waals surface area contributed by atoms with E-state index in [0.717, 1.165) is 22.2 Å². The van der Waals surface area contributed by atoms with E-state index in [1.54, 1.807) is 18.0 Å². The molecule has 0 fully saturated rings. The number of aromatic nitrogens is 1. The van der Waals surface area contributed by atoms with Crippen LogP contribution >= 0.6 is 11.8 Å². The minimum absolute atomic E-state index is 0.580. The molecule has 0 bridgehead atoms. The predicted molar refractivity (Wildman–Crippen MR) is 65.1 cm³/mol. The Morgan fingerprint density at radius 2 is 2.19 bits per heavy atom. The lowest BCUT2D eigenvalue weighted by Gasteiger charge is -2.01. The number of benzene rings is 1. The van der Waals surface area contributed by atoms with E-state index in [1.165, 1.54) is 5.56 Å². The summed E-state index contributed by atoms with van der Waals surface area (Å²) in [6.45, 7) is 2.50. The number of nitrogens with two attached hydrogens (primary N) is 1. The van der Waals surface area contributed by atoms with Crippen LogP contribution in [0.2, 0.25) is 0 Å². The highest BCUT2D eigenvalue weighted by Crippen LogP contribution is 2.22. The quantitative estimate of drug-likeness (QED) is 0.826. The van der Waals surface area contributed by atoms with Gasteiger partial charge in [0, 0.05) is 12.3 Å². The first kappa shape index (κ1) is 11.2. The summed E-state index contributed by atoms with van der Waals surface area (Å²) < 4.78 is 5.27. The van der Waals surface area contributed by atoms with Crippen LogP contribution in [-0.2, 0) is 12.3 Å². The van der Waals surface area contributed by atoms with E-state index in [2.05, 4.69) is 17.1 Å². The second kappa shape index (κ2) is 5.18. The van der Waals surface area contributed by atoms with E-state index < -0.39 is 0 Å². The predicted octanol–water partition coefficient (Wildman–Crippen LogP) is 2.73. The molecule has 0 saturated carbocycles. The molecule has 1 aromatic carbocycles. The Bertz CT molecular complexity index is 468. The van der Waals surface area contributed by atoms with Gasteiger partial charge in [0.15, 0.2) is 0 Å². The van der Waals surface area contributed by atoms with Gasteiger partial charge in [0.1, 0.15) is 6.26 Å². The highest BCUT2D eigenvalue weighted by molar-refractivity contribution is 7.98. The van der Waals surface area contributed by atoms with Crippen molar-refractivity contribution in [2.24, 2.45) is 5.73 Å². The topological polar surface area (TPSA) is 52.0 Å². The fourth-order valence-corrected chi connectivity index (χ4v) is 2.18. The fourth-order valence-electron chi connectivity index (χ4n) is 1.39. The standard InChI is InChI=1S/C12H14N2OS/c1-9-7-15-12(14-9)16-8-11-4-2-3-10(5-11)6-13/h2-5,7H,6,8,13H2,1H3. The molecule has 4 heteroatoms. The molecule has 2 rings (SSSR count). The molecule has 0 saturated heterocycles. The number of hydrogen-bond donors (Lipinski definition) is 1. The molecule has 0 aliphatic rings. The second-order valence-electron chi connectivity index (χ2n) is 3.57. The third kappa shape index (κ3) is 2.87. The van der Waals surface area contributed by atoms with Gasteiger partial charge in [-0.1, -0.05) is 36.0 Å². The molecule has 0 amide bonds. The van der Waals surface area contributed by atoms with Crippen LogP contribution in [0.3, 0.4) is 0 Å². The largest absolute Gasteiger partial charge is 0.440 e. The number of thioether (sulfide) groups is 1. The molecule has 1 aromatic heterocycles. The summed E-state index contributed by atoms with van der Waals surface area (Å²) in [6.07, 6.45) is 1.67. The van der Waals surface area contributed by atoms with Crippen LogP contribution in [-0.4, -0.2) is 4.98 Å². The van der Waals surface area contributed by atoms with E-state index in [9.17, 15) is 0 Å². The van der Waals surface area contributed by atoms with Crippen LogP contribution in [0.1, 0.15) is 16.8 Å². The lowest BCUT2D eigenvalue weighted by atomic mass is 10.1. The van der Waals surface area contributed by atoms with Crippen molar-refractivity contribution in [3.63, 3.8) is 0 Å². The molecular formula is C12H14N2OS. The smallest absolute Gasteiger partial charge is 0.256 e. The van der Waals surface area contributed by atoms with Crippen LogP contribution < -0.4 is 5.73 Å². The molecule has 0 aliphatic carbocycles. The number of hydrogen-bond acceptors (Lipinski definition) is 4. The van der Waals surface area contributed by atoms with Gasteiger partial charge in [-0.2, -0.15) is 0 Å². The summed E-state index contributed by atoms with van der Waals surface area (Å²) in [5.41, 5.74) is 8.90. The van der Waals surface area contributed by atoms with Crippen molar-refractivity contribution in [2.75, 3.05) is 0 Å². The number of oxazole rings is 1. The van der Waals surface area contributed by atoms with Gasteiger partial charge >= 0.3 is 0 Å². The molecule has 3 nitrogen and oxygen atoms in total. The van der Waals surface area contributed by atoms with Gasteiger partial charge in [0.25, 0.3) is 5.22 Å². The highest BCUT2D eigenvalue weighted by Gasteiger charge is 2.02. The van der Waals surface area contributed by atoms with E-state index in [0.29, 0.717) is 6.54 Å². The molecular weight excluding hydrogens is 220 g/mol. The number of rotatable bonds is 4. The Morgan fingerprint density at radius 3 is 2.88 bits per heavy atom. The molecule has 16 heavy (non-hydrogen) atoms. The zero-order chi connectivity index (χ0) is 11.4. The average molecular weight is 234 g/mol. The fraction of sp³-hybridized carbons (Fsp3) is 0.250. The lowest BCUT2D eigenvalue weighted by Crippen LogP contribution is -1.96. The maximum absolute atomic E-state index is 5.59. The zero-order valence-electron chi connectivity index (χ0n) is 9.14. The first-order valence-electron chi connectivity index (χ1n) is 5.11. The Labute approximate surface area is 99.1 Å². The Hall–Kier alpha value is -1.26. The molecule has 0 aliphatic heterocycles. The summed E-state index contributed by atoms with van der Waals surface area (Å²) in [5.74, 6) is 0.855. The maximum Gasteiger partial charge on any atom is 0.256 e. The van der Waals surface area contributed by atoms with E-state index in [4.69, 9.17) is 10.2 Å². The van der Waals surface area contributed by atoms with Gasteiger partial charge < -0.3 is 10.2 Å². The van der Waals surface area contributed by atoms with Crippen LogP contribution in [0, 0.1) is 6.92 Å². The van der Waals surface area contributed by atoms with E-state index in [-0.39, 0.29) is 0 Å². The lowest BCUT2D eigenvalue weighted by molar-refractivity contribution is 0.454. The summed E-state index contributed by atoms with van der Waals surface area (Å²) in [7, 11) is 0. The normalized spacial score (nSPS) is 10.6. The van der Waals surface area contributed by atoms with Gasteiger partial charge in [-0.05, 0) is 18.1 Å².